The molecule has 1 N–H and O–H groups in total. The van der Waals surface area contributed by atoms with E-state index in [9.17, 15) is 5.26 Å². The number of nitriles is 1. The van der Waals surface area contributed by atoms with Crippen molar-refractivity contribution in [3.8, 4) is 17.6 Å². The first-order valence-electron chi connectivity index (χ1n) is 6.64. The highest BCUT2D eigenvalue weighted by Crippen LogP contribution is 2.26. The third-order valence-electron chi connectivity index (χ3n) is 3.34. The molecule has 2 aromatic rings. The van der Waals surface area contributed by atoms with Gasteiger partial charge in [0.15, 0.2) is 0 Å². The summed E-state index contributed by atoms with van der Waals surface area (Å²) in [6.45, 7) is 2.56. The Morgan fingerprint density at radius 2 is 1.95 bits per heavy atom. The lowest BCUT2D eigenvalue weighted by Gasteiger charge is -2.14. The summed E-state index contributed by atoms with van der Waals surface area (Å²) in [6.07, 6.45) is 0. The second-order valence-electron chi connectivity index (χ2n) is 4.64. The number of nitrogens with one attached hydrogen (secondary N) is 1. The first-order valence-corrected chi connectivity index (χ1v) is 6.64. The molecule has 0 aliphatic rings. The van der Waals surface area contributed by atoms with E-state index in [0.29, 0.717) is 12.1 Å². The standard InChI is InChI=1S/C17H18N2O2/c1-12-5-4-6-13(10-18)17(12)19-11-14-7-8-15(20-2)9-16(14)21-3/h4-9,19H,11H2,1-3H3. The van der Waals surface area contributed by atoms with Crippen molar-refractivity contribution < 1.29 is 9.47 Å². The van der Waals surface area contributed by atoms with Gasteiger partial charge in [0, 0.05) is 18.2 Å². The Bertz CT molecular complexity index is 675. The molecular weight excluding hydrogens is 264 g/mol. The van der Waals surface area contributed by atoms with Crippen LogP contribution in [0.2, 0.25) is 0 Å². The maximum atomic E-state index is 9.18. The van der Waals surface area contributed by atoms with E-state index in [-0.39, 0.29) is 0 Å². The Morgan fingerprint density at radius 3 is 2.62 bits per heavy atom. The Labute approximate surface area is 124 Å². The van der Waals surface area contributed by atoms with Crippen LogP contribution in [-0.2, 0) is 6.54 Å². The van der Waals surface area contributed by atoms with Gasteiger partial charge in [-0.3, -0.25) is 0 Å². The third-order valence-corrected chi connectivity index (χ3v) is 3.34. The molecule has 0 bridgehead atoms. The molecule has 0 aromatic heterocycles. The van der Waals surface area contributed by atoms with Gasteiger partial charge in [-0.05, 0) is 30.7 Å². The van der Waals surface area contributed by atoms with Crippen molar-refractivity contribution in [2.45, 2.75) is 13.5 Å². The molecule has 0 unspecified atom stereocenters. The minimum Gasteiger partial charge on any atom is -0.497 e. The van der Waals surface area contributed by atoms with E-state index in [1.54, 1.807) is 20.3 Å². The zero-order chi connectivity index (χ0) is 15.2. The zero-order valence-electron chi connectivity index (χ0n) is 12.4. The summed E-state index contributed by atoms with van der Waals surface area (Å²) in [4.78, 5) is 0. The molecule has 0 aliphatic heterocycles. The largest absolute Gasteiger partial charge is 0.497 e. The minimum absolute atomic E-state index is 0.576. The number of para-hydroxylation sites is 1. The highest BCUT2D eigenvalue weighted by Gasteiger charge is 2.08. The fourth-order valence-electron chi connectivity index (χ4n) is 2.18. The second kappa shape index (κ2) is 6.67. The lowest BCUT2D eigenvalue weighted by Crippen LogP contribution is -2.05. The van der Waals surface area contributed by atoms with Crippen LogP contribution in [0, 0.1) is 18.3 Å². The first kappa shape index (κ1) is 14.7. The monoisotopic (exact) mass is 282 g/mol. The molecule has 4 nitrogen and oxygen atoms in total. The van der Waals surface area contributed by atoms with Crippen LogP contribution in [0.1, 0.15) is 16.7 Å². The van der Waals surface area contributed by atoms with Gasteiger partial charge in [-0.1, -0.05) is 12.1 Å². The van der Waals surface area contributed by atoms with Gasteiger partial charge in [-0.2, -0.15) is 5.26 Å². The van der Waals surface area contributed by atoms with Gasteiger partial charge < -0.3 is 14.8 Å². The van der Waals surface area contributed by atoms with Gasteiger partial charge in [-0.15, -0.1) is 0 Å². The average Bonchev–Trinajstić information content (AvgIpc) is 2.53. The van der Waals surface area contributed by atoms with E-state index < -0.39 is 0 Å². The Balaban J connectivity index is 2.23. The van der Waals surface area contributed by atoms with Crippen LogP contribution < -0.4 is 14.8 Å². The van der Waals surface area contributed by atoms with Gasteiger partial charge in [0.2, 0.25) is 0 Å². The molecule has 2 rings (SSSR count). The van der Waals surface area contributed by atoms with Crippen molar-refractivity contribution in [3.63, 3.8) is 0 Å². The van der Waals surface area contributed by atoms with E-state index >= 15 is 0 Å². The number of hydrogen-bond acceptors (Lipinski definition) is 4. The third kappa shape index (κ3) is 3.26. The zero-order valence-corrected chi connectivity index (χ0v) is 12.4. The summed E-state index contributed by atoms with van der Waals surface area (Å²) in [5.74, 6) is 1.51. The Morgan fingerprint density at radius 1 is 1.14 bits per heavy atom. The lowest BCUT2D eigenvalue weighted by atomic mass is 10.1. The van der Waals surface area contributed by atoms with E-state index in [2.05, 4.69) is 11.4 Å². The topological polar surface area (TPSA) is 54.3 Å². The predicted octanol–water partition coefficient (Wildman–Crippen LogP) is 3.50. The maximum absolute atomic E-state index is 9.18. The van der Waals surface area contributed by atoms with Crippen LogP contribution >= 0.6 is 0 Å². The number of hydrogen-bond donors (Lipinski definition) is 1. The molecule has 0 saturated heterocycles. The highest BCUT2D eigenvalue weighted by atomic mass is 16.5. The van der Waals surface area contributed by atoms with Crippen molar-refractivity contribution in [1.82, 2.24) is 0 Å². The van der Waals surface area contributed by atoms with Gasteiger partial charge >= 0.3 is 0 Å². The van der Waals surface area contributed by atoms with Crippen molar-refractivity contribution in [2.75, 3.05) is 19.5 Å². The summed E-state index contributed by atoms with van der Waals surface area (Å²) in [6, 6.07) is 13.6. The first-order chi connectivity index (χ1) is 10.2. The minimum atomic E-state index is 0.576. The molecule has 0 fully saturated rings. The SMILES string of the molecule is COc1ccc(CNc2c(C)cccc2C#N)c(OC)c1. The van der Waals surface area contributed by atoms with Crippen molar-refractivity contribution >= 4 is 5.69 Å². The number of anilines is 1. The fraction of sp³-hybridized carbons (Fsp3) is 0.235. The molecule has 0 aliphatic carbocycles. The van der Waals surface area contributed by atoms with Gasteiger partial charge in [0.25, 0.3) is 0 Å². The molecule has 108 valence electrons. The van der Waals surface area contributed by atoms with Crippen LogP contribution in [0.3, 0.4) is 0 Å². The van der Waals surface area contributed by atoms with Crippen LogP contribution in [0.4, 0.5) is 5.69 Å². The molecule has 0 spiro atoms. The summed E-state index contributed by atoms with van der Waals surface area (Å²) in [5, 5.41) is 12.5. The molecule has 4 heteroatoms. The molecule has 0 atom stereocenters. The van der Waals surface area contributed by atoms with E-state index in [0.717, 1.165) is 28.3 Å². The number of aryl methyl sites for hydroxylation is 1. The highest BCUT2D eigenvalue weighted by molar-refractivity contribution is 5.62. The average molecular weight is 282 g/mol. The number of benzene rings is 2. The number of methoxy groups -OCH3 is 2. The molecule has 0 saturated carbocycles. The molecule has 21 heavy (non-hydrogen) atoms. The fourth-order valence-corrected chi connectivity index (χ4v) is 2.18. The number of rotatable bonds is 5. The lowest BCUT2D eigenvalue weighted by molar-refractivity contribution is 0.391. The Hall–Kier alpha value is -2.67. The van der Waals surface area contributed by atoms with Crippen LogP contribution in [-0.4, -0.2) is 14.2 Å². The quantitative estimate of drug-likeness (QED) is 0.912. The van der Waals surface area contributed by atoms with E-state index in [1.807, 2.05) is 37.3 Å². The molecule has 0 amide bonds. The molecule has 0 radical (unpaired) electrons. The van der Waals surface area contributed by atoms with Crippen molar-refractivity contribution in [3.05, 3.63) is 53.1 Å². The summed E-state index contributed by atoms with van der Waals surface area (Å²) in [5.41, 5.74) is 3.55. The molecular formula is C17H18N2O2. The molecule has 2 aromatic carbocycles. The summed E-state index contributed by atoms with van der Waals surface area (Å²) < 4.78 is 10.6. The van der Waals surface area contributed by atoms with E-state index in [1.165, 1.54) is 0 Å². The normalized spacial score (nSPS) is 9.81. The van der Waals surface area contributed by atoms with Gasteiger partial charge in [0.1, 0.15) is 17.6 Å². The van der Waals surface area contributed by atoms with Crippen LogP contribution in [0.5, 0.6) is 11.5 Å². The number of ether oxygens (including phenoxy) is 2. The summed E-state index contributed by atoms with van der Waals surface area (Å²) >= 11 is 0. The van der Waals surface area contributed by atoms with Crippen LogP contribution in [0.15, 0.2) is 36.4 Å². The molecule has 0 heterocycles. The maximum Gasteiger partial charge on any atom is 0.127 e. The van der Waals surface area contributed by atoms with Crippen LogP contribution in [0.25, 0.3) is 0 Å². The van der Waals surface area contributed by atoms with Gasteiger partial charge in [0.05, 0.1) is 25.5 Å². The van der Waals surface area contributed by atoms with E-state index in [4.69, 9.17) is 9.47 Å². The van der Waals surface area contributed by atoms with Gasteiger partial charge in [-0.25, -0.2) is 0 Å². The Kier molecular flexibility index (Phi) is 4.68. The van der Waals surface area contributed by atoms with Crippen molar-refractivity contribution in [2.24, 2.45) is 0 Å². The van der Waals surface area contributed by atoms with Crippen molar-refractivity contribution in [1.29, 1.82) is 5.26 Å². The smallest absolute Gasteiger partial charge is 0.127 e. The predicted molar refractivity (Wildman–Crippen MR) is 82.8 cm³/mol. The summed E-state index contributed by atoms with van der Waals surface area (Å²) in [7, 11) is 3.26. The number of nitrogens with zero attached hydrogens (tertiary/aromatic N) is 1. The second-order valence-corrected chi connectivity index (χ2v) is 4.64.